The summed E-state index contributed by atoms with van der Waals surface area (Å²) in [7, 11) is 0. The number of aromatic nitrogens is 4. The molecule has 3 aromatic rings. The second kappa shape index (κ2) is 9.63. The van der Waals surface area contributed by atoms with Crippen LogP contribution in [0.4, 0.5) is 5.69 Å². The Morgan fingerprint density at radius 2 is 1.84 bits per heavy atom. The molecule has 0 aliphatic heterocycles. The zero-order valence-corrected chi connectivity index (χ0v) is 18.9. The zero-order chi connectivity index (χ0) is 22.7. The van der Waals surface area contributed by atoms with Gasteiger partial charge in [-0.15, -0.1) is 0 Å². The molecular weight excluding hydrogens is 406 g/mol. The second-order valence-corrected chi connectivity index (χ2v) is 8.83. The van der Waals surface area contributed by atoms with E-state index in [1.807, 2.05) is 13.0 Å². The quantitative estimate of drug-likeness (QED) is 0.422. The number of benzene rings is 1. The molecule has 1 aliphatic rings. The van der Waals surface area contributed by atoms with Gasteiger partial charge in [0.2, 0.25) is 5.91 Å². The number of unbranched alkanes of at least 4 members (excludes halogenated alkanes) is 3. The molecule has 32 heavy (non-hydrogen) atoms. The van der Waals surface area contributed by atoms with E-state index in [1.165, 1.54) is 4.57 Å². The number of rotatable bonds is 7. The Kier molecular flexibility index (Phi) is 6.67. The van der Waals surface area contributed by atoms with Gasteiger partial charge in [-0.25, -0.2) is 14.8 Å². The molecule has 2 N–H and O–H groups in total. The van der Waals surface area contributed by atoms with Crippen molar-refractivity contribution in [1.82, 2.24) is 19.5 Å². The summed E-state index contributed by atoms with van der Waals surface area (Å²) >= 11 is 0. The van der Waals surface area contributed by atoms with Crippen molar-refractivity contribution in [3.05, 3.63) is 38.5 Å². The molecule has 0 radical (unpaired) electrons. The van der Waals surface area contributed by atoms with Crippen LogP contribution in [-0.4, -0.2) is 25.4 Å². The Hall–Kier alpha value is -3.03. The summed E-state index contributed by atoms with van der Waals surface area (Å²) in [4.78, 5) is 49.9. The molecule has 1 saturated carbocycles. The molecule has 2 aromatic heterocycles. The lowest BCUT2D eigenvalue weighted by Gasteiger charge is -2.22. The van der Waals surface area contributed by atoms with Crippen molar-refractivity contribution in [2.75, 3.05) is 5.32 Å². The molecule has 2 heterocycles. The Bertz CT molecular complexity index is 1250. The number of fused-ring (bicyclic) bond motifs is 2. The number of amides is 1. The number of H-pyrrole nitrogens is 1. The smallest absolute Gasteiger partial charge is 0.326 e. The number of carbonyl (C=O) groups excluding carboxylic acids is 1. The maximum absolute atomic E-state index is 13.1. The van der Waals surface area contributed by atoms with Gasteiger partial charge in [0.25, 0.3) is 5.56 Å². The fourth-order valence-electron chi connectivity index (χ4n) is 4.54. The highest BCUT2D eigenvalue weighted by Crippen LogP contribution is 2.26. The molecule has 1 aliphatic carbocycles. The van der Waals surface area contributed by atoms with Crippen LogP contribution in [0.2, 0.25) is 0 Å². The lowest BCUT2D eigenvalue weighted by molar-refractivity contribution is -0.116. The highest BCUT2D eigenvalue weighted by molar-refractivity contribution is 5.95. The summed E-state index contributed by atoms with van der Waals surface area (Å²) < 4.78 is 1.32. The van der Waals surface area contributed by atoms with Gasteiger partial charge in [0, 0.05) is 18.2 Å². The van der Waals surface area contributed by atoms with Crippen LogP contribution in [0.15, 0.2) is 21.7 Å². The van der Waals surface area contributed by atoms with Crippen LogP contribution in [-0.2, 0) is 4.79 Å². The normalized spacial score (nSPS) is 14.8. The Morgan fingerprint density at radius 1 is 1.09 bits per heavy atom. The molecule has 0 bridgehead atoms. The van der Waals surface area contributed by atoms with Crippen LogP contribution in [0.1, 0.15) is 82.7 Å². The molecule has 1 amide bonds. The van der Waals surface area contributed by atoms with Gasteiger partial charge >= 0.3 is 5.69 Å². The lowest BCUT2D eigenvalue weighted by atomic mass is 9.95. The minimum Gasteiger partial charge on any atom is -0.326 e. The number of aromatic amines is 1. The van der Waals surface area contributed by atoms with E-state index < -0.39 is 5.69 Å². The summed E-state index contributed by atoms with van der Waals surface area (Å²) in [6, 6.07) is 3.49. The van der Waals surface area contributed by atoms with E-state index in [1.54, 1.807) is 6.07 Å². The van der Waals surface area contributed by atoms with Gasteiger partial charge < -0.3 is 5.32 Å². The number of hydrogen-bond acceptors (Lipinski definition) is 5. The summed E-state index contributed by atoms with van der Waals surface area (Å²) in [5.41, 5.74) is 2.15. The van der Waals surface area contributed by atoms with E-state index in [4.69, 9.17) is 0 Å². The maximum Gasteiger partial charge on any atom is 0.330 e. The van der Waals surface area contributed by atoms with Gasteiger partial charge in [0.15, 0.2) is 11.2 Å². The van der Waals surface area contributed by atoms with Gasteiger partial charge in [0.1, 0.15) is 0 Å². The first-order valence-electron chi connectivity index (χ1n) is 11.7. The van der Waals surface area contributed by atoms with Gasteiger partial charge in [-0.3, -0.25) is 19.1 Å². The number of hydrogen-bond donors (Lipinski definition) is 2. The van der Waals surface area contributed by atoms with Gasteiger partial charge in [-0.2, -0.15) is 0 Å². The predicted octanol–water partition coefficient (Wildman–Crippen LogP) is 4.36. The standard InChI is InChI=1S/C24H31N5O3/c1-3-4-5-9-12-20(30)25-17-14-19-18(13-15(17)2)26-21-22(27-19)28-24(32)29(23(21)31)16-10-7-6-8-11-16/h13-14,16H,3-12H2,1-2H3,(H,25,30)(H,27,28,32). The van der Waals surface area contributed by atoms with Gasteiger partial charge in [-0.05, 0) is 43.9 Å². The number of nitrogens with one attached hydrogen (secondary N) is 2. The first-order chi connectivity index (χ1) is 15.5. The van der Waals surface area contributed by atoms with Crippen LogP contribution in [0.5, 0.6) is 0 Å². The fraction of sp³-hybridized carbons (Fsp3) is 0.542. The number of aryl methyl sites for hydroxylation is 1. The summed E-state index contributed by atoms with van der Waals surface area (Å²) in [6.07, 6.45) is 9.49. The number of carbonyl (C=O) groups is 1. The topological polar surface area (TPSA) is 110 Å². The van der Waals surface area contributed by atoms with Crippen molar-refractivity contribution in [2.45, 2.75) is 84.1 Å². The van der Waals surface area contributed by atoms with Crippen LogP contribution >= 0.6 is 0 Å². The zero-order valence-electron chi connectivity index (χ0n) is 18.9. The van der Waals surface area contributed by atoms with Crippen LogP contribution in [0.3, 0.4) is 0 Å². The predicted molar refractivity (Wildman–Crippen MR) is 126 cm³/mol. The van der Waals surface area contributed by atoms with E-state index in [-0.39, 0.29) is 28.7 Å². The summed E-state index contributed by atoms with van der Waals surface area (Å²) in [6.45, 7) is 4.03. The Morgan fingerprint density at radius 3 is 2.59 bits per heavy atom. The Balaban J connectivity index is 1.67. The van der Waals surface area contributed by atoms with Crippen molar-refractivity contribution >= 4 is 33.8 Å². The average molecular weight is 438 g/mol. The molecule has 8 nitrogen and oxygen atoms in total. The van der Waals surface area contributed by atoms with E-state index in [2.05, 4.69) is 27.2 Å². The van der Waals surface area contributed by atoms with Crippen LogP contribution < -0.4 is 16.6 Å². The first-order valence-corrected chi connectivity index (χ1v) is 11.7. The SMILES string of the molecule is CCCCCCC(=O)Nc1cc2nc3[nH]c(=O)n(C4CCCCC4)c(=O)c3nc2cc1C. The number of anilines is 1. The third-order valence-corrected chi connectivity index (χ3v) is 6.35. The molecule has 0 atom stereocenters. The van der Waals surface area contributed by atoms with Crippen molar-refractivity contribution in [3.63, 3.8) is 0 Å². The molecule has 0 saturated heterocycles. The van der Waals surface area contributed by atoms with Crippen molar-refractivity contribution < 1.29 is 4.79 Å². The van der Waals surface area contributed by atoms with Crippen LogP contribution in [0.25, 0.3) is 22.2 Å². The van der Waals surface area contributed by atoms with Crippen molar-refractivity contribution in [2.24, 2.45) is 0 Å². The molecule has 8 heteroatoms. The average Bonchev–Trinajstić information content (AvgIpc) is 2.77. The van der Waals surface area contributed by atoms with Crippen molar-refractivity contribution in [1.29, 1.82) is 0 Å². The summed E-state index contributed by atoms with van der Waals surface area (Å²) in [5.74, 6) is -0.0268. The third-order valence-electron chi connectivity index (χ3n) is 6.35. The van der Waals surface area contributed by atoms with E-state index in [0.717, 1.165) is 63.4 Å². The molecular formula is C24H31N5O3. The molecule has 4 rings (SSSR count). The highest BCUT2D eigenvalue weighted by Gasteiger charge is 2.21. The first kappa shape index (κ1) is 22.2. The van der Waals surface area contributed by atoms with E-state index >= 15 is 0 Å². The van der Waals surface area contributed by atoms with Crippen molar-refractivity contribution in [3.8, 4) is 0 Å². The second-order valence-electron chi connectivity index (χ2n) is 8.83. The summed E-state index contributed by atoms with van der Waals surface area (Å²) in [5, 5.41) is 2.96. The number of nitrogens with zero attached hydrogens (tertiary/aromatic N) is 3. The van der Waals surface area contributed by atoms with Crippen LogP contribution in [0, 0.1) is 6.92 Å². The minimum atomic E-state index is -0.434. The highest BCUT2D eigenvalue weighted by atomic mass is 16.2. The van der Waals surface area contributed by atoms with E-state index in [0.29, 0.717) is 23.1 Å². The van der Waals surface area contributed by atoms with E-state index in [9.17, 15) is 14.4 Å². The molecule has 1 fully saturated rings. The van der Waals surface area contributed by atoms with Gasteiger partial charge in [-0.1, -0.05) is 45.4 Å². The lowest BCUT2D eigenvalue weighted by Crippen LogP contribution is -2.39. The molecule has 170 valence electrons. The van der Waals surface area contributed by atoms with Gasteiger partial charge in [0.05, 0.1) is 11.0 Å². The molecule has 0 spiro atoms. The monoisotopic (exact) mass is 437 g/mol. The largest absolute Gasteiger partial charge is 0.330 e. The fourth-order valence-corrected chi connectivity index (χ4v) is 4.54. The minimum absolute atomic E-state index is 0.0268. The maximum atomic E-state index is 13.1. The molecule has 0 unspecified atom stereocenters. The third kappa shape index (κ3) is 4.59. The Labute approximate surface area is 186 Å². The molecule has 1 aromatic carbocycles.